The molecule has 0 aliphatic heterocycles. The highest BCUT2D eigenvalue weighted by atomic mass is 32.2. The summed E-state index contributed by atoms with van der Waals surface area (Å²) in [7, 11) is 1.60. The Kier molecular flexibility index (Phi) is 7.16. The monoisotopic (exact) mass is 465 g/mol. The van der Waals surface area contributed by atoms with E-state index in [2.05, 4.69) is 20.5 Å². The summed E-state index contributed by atoms with van der Waals surface area (Å²) < 4.78 is 26.8. The van der Waals surface area contributed by atoms with E-state index < -0.39 is 5.82 Å². The van der Waals surface area contributed by atoms with Crippen LogP contribution in [-0.4, -0.2) is 38.5 Å². The molecule has 2 heterocycles. The second-order valence-electron chi connectivity index (χ2n) is 6.80. The number of carbonyl (C=O) groups is 1. The normalized spacial score (nSPS) is 10.6. The zero-order valence-electron chi connectivity index (χ0n) is 17.6. The van der Waals surface area contributed by atoms with Crippen LogP contribution in [0, 0.1) is 5.82 Å². The van der Waals surface area contributed by atoms with Gasteiger partial charge in [-0.25, -0.2) is 4.39 Å². The van der Waals surface area contributed by atoms with Gasteiger partial charge >= 0.3 is 0 Å². The third-order valence-electron chi connectivity index (χ3n) is 4.55. The van der Waals surface area contributed by atoms with Gasteiger partial charge in [-0.05, 0) is 54.1 Å². The number of aromatic nitrogens is 4. The van der Waals surface area contributed by atoms with Gasteiger partial charge in [0.15, 0.2) is 16.7 Å². The summed E-state index contributed by atoms with van der Waals surface area (Å²) in [6.45, 7) is 0.189. The summed E-state index contributed by atoms with van der Waals surface area (Å²) >= 11 is 1.25. The second-order valence-corrected chi connectivity index (χ2v) is 7.75. The summed E-state index contributed by atoms with van der Waals surface area (Å²) in [6.07, 6.45) is 4.69. The number of ether oxygens (including phenoxy) is 2. The molecule has 0 atom stereocenters. The molecule has 4 rings (SSSR count). The second kappa shape index (κ2) is 10.6. The van der Waals surface area contributed by atoms with Crippen molar-refractivity contribution < 1.29 is 18.7 Å². The molecule has 0 unspecified atom stereocenters. The molecule has 0 saturated carbocycles. The van der Waals surface area contributed by atoms with E-state index in [1.165, 1.54) is 30.1 Å². The van der Waals surface area contributed by atoms with Crippen LogP contribution in [0.4, 0.5) is 4.39 Å². The van der Waals surface area contributed by atoms with Crippen molar-refractivity contribution in [2.24, 2.45) is 0 Å². The van der Waals surface area contributed by atoms with Crippen molar-refractivity contribution in [2.45, 2.75) is 11.7 Å². The van der Waals surface area contributed by atoms with Crippen molar-refractivity contribution in [3.63, 3.8) is 0 Å². The van der Waals surface area contributed by atoms with Gasteiger partial charge < -0.3 is 14.8 Å². The van der Waals surface area contributed by atoms with E-state index in [9.17, 15) is 9.18 Å². The molecule has 2 aromatic carbocycles. The van der Waals surface area contributed by atoms with E-state index in [-0.39, 0.29) is 24.0 Å². The lowest BCUT2D eigenvalue weighted by Crippen LogP contribution is -2.24. The summed E-state index contributed by atoms with van der Waals surface area (Å²) in [5.41, 5.74) is 1.47. The number of pyridine rings is 1. The van der Waals surface area contributed by atoms with Gasteiger partial charge in [0.05, 0.1) is 19.1 Å². The van der Waals surface area contributed by atoms with Crippen LogP contribution in [0.15, 0.2) is 78.5 Å². The van der Waals surface area contributed by atoms with Crippen LogP contribution in [0.25, 0.3) is 5.69 Å². The number of hydrogen-bond acceptors (Lipinski definition) is 7. The standard InChI is InChI=1S/C23H20FN5O3S/c1-31-18-7-5-17(6-8-18)29-15-27-28-23(29)33-14-22(30)26-12-16-4-9-21(20(24)11-16)32-19-3-2-10-25-13-19/h2-11,13,15H,12,14H2,1H3,(H,26,30). The van der Waals surface area contributed by atoms with Crippen LogP contribution in [-0.2, 0) is 11.3 Å². The van der Waals surface area contributed by atoms with Gasteiger partial charge in [-0.2, -0.15) is 0 Å². The molecule has 0 bridgehead atoms. The third kappa shape index (κ3) is 5.86. The molecule has 4 aromatic rings. The predicted molar refractivity (Wildman–Crippen MR) is 121 cm³/mol. The Morgan fingerprint density at radius 3 is 2.73 bits per heavy atom. The van der Waals surface area contributed by atoms with Gasteiger partial charge in [0.2, 0.25) is 5.91 Å². The highest BCUT2D eigenvalue weighted by Crippen LogP contribution is 2.25. The zero-order chi connectivity index (χ0) is 23.0. The summed E-state index contributed by atoms with van der Waals surface area (Å²) in [5, 5.41) is 11.4. The van der Waals surface area contributed by atoms with Crippen molar-refractivity contribution in [1.82, 2.24) is 25.1 Å². The van der Waals surface area contributed by atoms with Gasteiger partial charge in [0, 0.05) is 18.4 Å². The maximum atomic E-state index is 14.4. The van der Waals surface area contributed by atoms with Crippen molar-refractivity contribution in [2.75, 3.05) is 12.9 Å². The van der Waals surface area contributed by atoms with Crippen LogP contribution >= 0.6 is 11.8 Å². The molecule has 0 aliphatic rings. The first-order chi connectivity index (χ1) is 16.1. The first-order valence-corrected chi connectivity index (χ1v) is 10.9. The topological polar surface area (TPSA) is 91.2 Å². The van der Waals surface area contributed by atoms with Crippen LogP contribution in [0.2, 0.25) is 0 Å². The molecule has 0 spiro atoms. The minimum atomic E-state index is -0.521. The minimum absolute atomic E-state index is 0.0894. The highest BCUT2D eigenvalue weighted by Gasteiger charge is 2.11. The molecule has 0 radical (unpaired) electrons. The molecule has 8 nitrogen and oxygen atoms in total. The fraction of sp³-hybridized carbons (Fsp3) is 0.130. The summed E-state index contributed by atoms with van der Waals surface area (Å²) in [5.74, 6) is 0.685. The van der Waals surface area contributed by atoms with Gasteiger partial charge in [0.1, 0.15) is 17.8 Å². The summed E-state index contributed by atoms with van der Waals surface area (Å²) in [4.78, 5) is 16.2. The molecule has 168 valence electrons. The molecule has 1 amide bonds. The maximum absolute atomic E-state index is 14.4. The molecule has 0 aliphatic carbocycles. The Morgan fingerprint density at radius 1 is 1.15 bits per heavy atom. The Hall–Kier alpha value is -3.92. The summed E-state index contributed by atoms with van der Waals surface area (Å²) in [6, 6.07) is 15.4. The van der Waals surface area contributed by atoms with Crippen molar-refractivity contribution in [3.05, 3.63) is 84.7 Å². The zero-order valence-corrected chi connectivity index (χ0v) is 18.5. The number of benzene rings is 2. The van der Waals surface area contributed by atoms with Crippen molar-refractivity contribution >= 4 is 17.7 Å². The molecule has 10 heteroatoms. The molecule has 0 saturated heterocycles. The number of carbonyl (C=O) groups excluding carboxylic acids is 1. The average Bonchev–Trinajstić information content (AvgIpc) is 3.32. The molecule has 0 fully saturated rings. The predicted octanol–water partition coefficient (Wildman–Crippen LogP) is 4.01. The van der Waals surface area contributed by atoms with Crippen molar-refractivity contribution in [1.29, 1.82) is 0 Å². The van der Waals surface area contributed by atoms with E-state index in [1.54, 1.807) is 42.4 Å². The van der Waals surface area contributed by atoms with E-state index in [1.807, 2.05) is 24.3 Å². The molecular weight excluding hydrogens is 445 g/mol. The molecule has 33 heavy (non-hydrogen) atoms. The first-order valence-electron chi connectivity index (χ1n) is 9.92. The number of amides is 1. The Bertz CT molecular complexity index is 1220. The lowest BCUT2D eigenvalue weighted by Gasteiger charge is -2.09. The van der Waals surface area contributed by atoms with Crippen molar-refractivity contribution in [3.8, 4) is 22.9 Å². The van der Waals surface area contributed by atoms with Crippen LogP contribution in [0.3, 0.4) is 0 Å². The third-order valence-corrected chi connectivity index (χ3v) is 5.49. The maximum Gasteiger partial charge on any atom is 0.230 e. The largest absolute Gasteiger partial charge is 0.497 e. The number of rotatable bonds is 9. The smallest absolute Gasteiger partial charge is 0.230 e. The van der Waals surface area contributed by atoms with E-state index >= 15 is 0 Å². The highest BCUT2D eigenvalue weighted by molar-refractivity contribution is 7.99. The van der Waals surface area contributed by atoms with Gasteiger partial charge in [-0.1, -0.05) is 17.8 Å². The molecule has 1 N–H and O–H groups in total. The molecular formula is C23H20FN5O3S. The Labute approximate surface area is 193 Å². The quantitative estimate of drug-likeness (QED) is 0.374. The fourth-order valence-electron chi connectivity index (χ4n) is 2.90. The Balaban J connectivity index is 1.29. The number of thioether (sulfide) groups is 1. The lowest BCUT2D eigenvalue weighted by atomic mass is 10.2. The number of methoxy groups -OCH3 is 1. The fourth-order valence-corrected chi connectivity index (χ4v) is 3.65. The SMILES string of the molecule is COc1ccc(-n2cnnc2SCC(=O)NCc2ccc(Oc3cccnc3)c(F)c2)cc1. The number of halogens is 1. The van der Waals surface area contributed by atoms with Gasteiger partial charge in [-0.3, -0.25) is 14.3 Å². The Morgan fingerprint density at radius 2 is 2.00 bits per heavy atom. The van der Waals surface area contributed by atoms with E-state index in [0.717, 1.165) is 11.4 Å². The van der Waals surface area contributed by atoms with Crippen LogP contribution in [0.5, 0.6) is 17.2 Å². The van der Waals surface area contributed by atoms with Crippen LogP contribution < -0.4 is 14.8 Å². The average molecular weight is 466 g/mol. The number of hydrogen-bond donors (Lipinski definition) is 1. The van der Waals surface area contributed by atoms with E-state index in [0.29, 0.717) is 16.5 Å². The van der Waals surface area contributed by atoms with Gasteiger partial charge in [-0.15, -0.1) is 10.2 Å². The number of nitrogens with zero attached hydrogens (tertiary/aromatic N) is 4. The van der Waals surface area contributed by atoms with E-state index in [4.69, 9.17) is 9.47 Å². The van der Waals surface area contributed by atoms with Crippen LogP contribution in [0.1, 0.15) is 5.56 Å². The van der Waals surface area contributed by atoms with Gasteiger partial charge in [0.25, 0.3) is 0 Å². The minimum Gasteiger partial charge on any atom is -0.497 e. The molecule has 2 aromatic heterocycles. The lowest BCUT2D eigenvalue weighted by molar-refractivity contribution is -0.118. The first kappa shape index (κ1) is 22.3. The number of nitrogens with one attached hydrogen (secondary N) is 1.